The molecule has 0 aromatic heterocycles. The minimum atomic E-state index is 0.0347. The first kappa shape index (κ1) is 15.6. The molecule has 0 aliphatic heterocycles. The summed E-state index contributed by atoms with van der Waals surface area (Å²) in [6, 6.07) is 16.3. The third-order valence-corrected chi connectivity index (χ3v) is 9.45. The monoisotopic (exact) mass is 324 g/mol. The second kappa shape index (κ2) is 7.35. The summed E-state index contributed by atoms with van der Waals surface area (Å²) in [6.45, 7) is 0. The van der Waals surface area contributed by atoms with Crippen LogP contribution in [0.25, 0.3) is 10.8 Å². The summed E-state index contributed by atoms with van der Waals surface area (Å²) < 4.78 is 0. The van der Waals surface area contributed by atoms with Gasteiger partial charge in [-0.3, -0.25) is 0 Å². The maximum Gasteiger partial charge on any atom is -0.0166 e. The van der Waals surface area contributed by atoms with Gasteiger partial charge in [0.2, 0.25) is 0 Å². The van der Waals surface area contributed by atoms with Crippen LogP contribution in [0, 0.1) is 0 Å². The van der Waals surface area contributed by atoms with Crippen LogP contribution in [0.3, 0.4) is 0 Å². The first-order valence-corrected chi connectivity index (χ1v) is 11.2. The lowest BCUT2D eigenvalue weighted by molar-refractivity contribution is 0.487. The van der Waals surface area contributed by atoms with E-state index in [4.69, 9.17) is 0 Å². The Labute approximate surface area is 142 Å². The van der Waals surface area contributed by atoms with Gasteiger partial charge in [0.25, 0.3) is 0 Å². The average Bonchev–Trinajstić information content (AvgIpc) is 2.64. The van der Waals surface area contributed by atoms with Gasteiger partial charge >= 0.3 is 0 Å². The van der Waals surface area contributed by atoms with Gasteiger partial charge in [0.1, 0.15) is 0 Å². The van der Waals surface area contributed by atoms with Gasteiger partial charge in [-0.25, -0.2) is 0 Å². The van der Waals surface area contributed by atoms with Crippen LogP contribution >= 0.6 is 7.92 Å². The maximum atomic E-state index is 2.55. The minimum Gasteiger partial charge on any atom is -0.0689 e. The fourth-order valence-corrected chi connectivity index (χ4v) is 8.59. The molecule has 1 heteroatoms. The molecule has 2 aliphatic carbocycles. The number of benzene rings is 2. The maximum absolute atomic E-state index is 2.55. The summed E-state index contributed by atoms with van der Waals surface area (Å²) >= 11 is 0. The van der Waals surface area contributed by atoms with Gasteiger partial charge in [-0.1, -0.05) is 82.8 Å². The highest BCUT2D eigenvalue weighted by atomic mass is 31.1. The Kier molecular flexibility index (Phi) is 5.00. The Balaban J connectivity index is 1.69. The molecule has 0 N–H and O–H groups in total. The van der Waals surface area contributed by atoms with E-state index in [2.05, 4.69) is 42.5 Å². The van der Waals surface area contributed by atoms with Crippen molar-refractivity contribution >= 4 is 24.0 Å². The van der Waals surface area contributed by atoms with Gasteiger partial charge < -0.3 is 0 Å². The van der Waals surface area contributed by atoms with E-state index < -0.39 is 0 Å². The van der Waals surface area contributed by atoms with Crippen LogP contribution in [0.15, 0.2) is 42.5 Å². The molecule has 0 heterocycles. The standard InChI is InChI=1S/C22H29P/c1-3-11-20(12-4-1)23(21-13-5-2-6-14-21)22-16-15-18-9-7-8-10-19(18)17-22/h7-10,15-17,20-21H,1-6,11-14H2. The highest BCUT2D eigenvalue weighted by Gasteiger charge is 2.32. The van der Waals surface area contributed by atoms with Crippen molar-refractivity contribution in [3.63, 3.8) is 0 Å². The molecule has 0 unspecified atom stereocenters. The molecule has 122 valence electrons. The highest BCUT2D eigenvalue weighted by molar-refractivity contribution is 7.67. The van der Waals surface area contributed by atoms with Crippen molar-refractivity contribution < 1.29 is 0 Å². The highest BCUT2D eigenvalue weighted by Crippen LogP contribution is 2.55. The molecule has 0 amide bonds. The van der Waals surface area contributed by atoms with Gasteiger partial charge in [-0.15, -0.1) is 0 Å². The van der Waals surface area contributed by atoms with E-state index in [1.165, 1.54) is 75.0 Å². The van der Waals surface area contributed by atoms with Crippen LogP contribution in [0.5, 0.6) is 0 Å². The zero-order valence-corrected chi connectivity index (χ0v) is 15.1. The predicted octanol–water partition coefficient (Wildman–Crippen LogP) is 6.61. The van der Waals surface area contributed by atoms with Gasteiger partial charge in [-0.05, 0) is 59.1 Å². The zero-order valence-electron chi connectivity index (χ0n) is 14.2. The first-order chi connectivity index (χ1) is 11.4. The molecule has 2 fully saturated rings. The van der Waals surface area contributed by atoms with E-state index in [0.29, 0.717) is 0 Å². The lowest BCUT2D eigenvalue weighted by Gasteiger charge is -2.38. The zero-order chi connectivity index (χ0) is 15.5. The van der Waals surface area contributed by atoms with Crippen molar-refractivity contribution in [2.75, 3.05) is 0 Å². The Morgan fingerprint density at radius 3 is 1.78 bits per heavy atom. The SMILES string of the molecule is c1ccc2cc(P(C3CCCCC3)C3CCCCC3)ccc2c1. The first-order valence-electron chi connectivity index (χ1n) is 9.69. The smallest absolute Gasteiger partial charge is 0.0166 e. The van der Waals surface area contributed by atoms with Crippen LogP contribution in [-0.2, 0) is 0 Å². The van der Waals surface area contributed by atoms with Crippen molar-refractivity contribution in [3.05, 3.63) is 42.5 Å². The second-order valence-corrected chi connectivity index (χ2v) is 10.3. The Morgan fingerprint density at radius 1 is 0.609 bits per heavy atom. The largest absolute Gasteiger partial charge is 0.0689 e. The quantitative estimate of drug-likeness (QED) is 0.557. The van der Waals surface area contributed by atoms with E-state index in [-0.39, 0.29) is 7.92 Å². The summed E-state index contributed by atoms with van der Waals surface area (Å²) in [7, 11) is 0.0347. The van der Waals surface area contributed by atoms with Gasteiger partial charge in [0, 0.05) is 0 Å². The van der Waals surface area contributed by atoms with Crippen molar-refractivity contribution in [2.45, 2.75) is 75.5 Å². The third kappa shape index (κ3) is 3.48. The molecule has 0 atom stereocenters. The molecule has 2 aromatic rings. The topological polar surface area (TPSA) is 0 Å². The molecular formula is C22H29P. The number of fused-ring (bicyclic) bond motifs is 1. The summed E-state index contributed by atoms with van der Waals surface area (Å²) in [6.07, 6.45) is 14.8. The molecule has 4 rings (SSSR count). The molecule has 2 aliphatic rings. The second-order valence-electron chi connectivity index (χ2n) is 7.52. The van der Waals surface area contributed by atoms with Crippen LogP contribution in [0.1, 0.15) is 64.2 Å². The third-order valence-electron chi connectivity index (χ3n) is 5.97. The summed E-state index contributed by atoms with van der Waals surface area (Å²) in [5, 5.41) is 4.56. The molecule has 0 bridgehead atoms. The van der Waals surface area contributed by atoms with Crippen molar-refractivity contribution in [3.8, 4) is 0 Å². The molecule has 0 saturated heterocycles. The normalized spacial score (nSPS) is 21.1. The minimum absolute atomic E-state index is 0.0347. The van der Waals surface area contributed by atoms with Crippen molar-refractivity contribution in [1.82, 2.24) is 0 Å². The fourth-order valence-electron chi connectivity index (χ4n) is 4.78. The number of hydrogen-bond donors (Lipinski definition) is 0. The molecule has 0 nitrogen and oxygen atoms in total. The van der Waals surface area contributed by atoms with E-state index >= 15 is 0 Å². The van der Waals surface area contributed by atoms with E-state index in [1.807, 2.05) is 0 Å². The molecule has 0 radical (unpaired) electrons. The summed E-state index contributed by atoms with van der Waals surface area (Å²) in [4.78, 5) is 0. The number of hydrogen-bond acceptors (Lipinski definition) is 0. The Bertz CT molecular complexity index is 617. The summed E-state index contributed by atoms with van der Waals surface area (Å²) in [5.74, 6) is 0. The predicted molar refractivity (Wildman–Crippen MR) is 104 cm³/mol. The van der Waals surface area contributed by atoms with Crippen molar-refractivity contribution in [1.29, 1.82) is 0 Å². The van der Waals surface area contributed by atoms with E-state index in [1.54, 1.807) is 5.30 Å². The molecular weight excluding hydrogens is 295 g/mol. The lowest BCUT2D eigenvalue weighted by Crippen LogP contribution is -2.26. The van der Waals surface area contributed by atoms with Crippen LogP contribution < -0.4 is 5.30 Å². The van der Waals surface area contributed by atoms with Crippen LogP contribution in [-0.4, -0.2) is 11.3 Å². The van der Waals surface area contributed by atoms with Gasteiger partial charge in [0.15, 0.2) is 0 Å². The molecule has 2 aromatic carbocycles. The Morgan fingerprint density at radius 2 is 1.17 bits per heavy atom. The Hall–Kier alpha value is -0.870. The molecule has 2 saturated carbocycles. The lowest BCUT2D eigenvalue weighted by atomic mass is 9.99. The van der Waals surface area contributed by atoms with Crippen LogP contribution in [0.4, 0.5) is 0 Å². The van der Waals surface area contributed by atoms with Crippen LogP contribution in [0.2, 0.25) is 0 Å². The average molecular weight is 324 g/mol. The fraction of sp³-hybridized carbons (Fsp3) is 0.545. The van der Waals surface area contributed by atoms with Gasteiger partial charge in [-0.2, -0.15) is 0 Å². The van der Waals surface area contributed by atoms with E-state index in [0.717, 1.165) is 11.3 Å². The van der Waals surface area contributed by atoms with Gasteiger partial charge in [0.05, 0.1) is 0 Å². The molecule has 23 heavy (non-hydrogen) atoms. The molecule has 0 spiro atoms. The van der Waals surface area contributed by atoms with Crippen molar-refractivity contribution in [2.24, 2.45) is 0 Å². The number of rotatable bonds is 3. The van der Waals surface area contributed by atoms with E-state index in [9.17, 15) is 0 Å². The summed E-state index contributed by atoms with van der Waals surface area (Å²) in [5.41, 5.74) is 2.01.